The lowest BCUT2D eigenvalue weighted by molar-refractivity contribution is -0.153. The van der Waals surface area contributed by atoms with Crippen LogP contribution in [0.5, 0.6) is 0 Å². The molecule has 1 saturated carbocycles. The number of aliphatic carboxylic acids is 1. The lowest BCUT2D eigenvalue weighted by atomic mass is 9.69. The first-order valence-corrected chi connectivity index (χ1v) is 6.06. The maximum atomic E-state index is 13.3. The van der Waals surface area contributed by atoms with Crippen LogP contribution in [-0.4, -0.2) is 23.7 Å². The molecular weight excluding hydrogens is 251 g/mol. The zero-order chi connectivity index (χ0) is 13.9. The summed E-state index contributed by atoms with van der Waals surface area (Å²) in [5, 5.41) is 13.9. The SMILES string of the molecule is O=C(NCC1(C(=O)O)CCC1)Nc1ccccc1F. The van der Waals surface area contributed by atoms with E-state index in [0.29, 0.717) is 12.8 Å². The predicted molar refractivity (Wildman–Crippen MR) is 67.3 cm³/mol. The van der Waals surface area contributed by atoms with Crippen molar-refractivity contribution in [2.45, 2.75) is 19.3 Å². The molecule has 1 aromatic rings. The summed E-state index contributed by atoms with van der Waals surface area (Å²) in [7, 11) is 0. The molecule has 0 bridgehead atoms. The van der Waals surface area contributed by atoms with Crippen LogP contribution in [0.1, 0.15) is 19.3 Å². The number of hydrogen-bond acceptors (Lipinski definition) is 2. The van der Waals surface area contributed by atoms with Gasteiger partial charge < -0.3 is 15.7 Å². The molecule has 0 saturated heterocycles. The van der Waals surface area contributed by atoms with Crippen LogP contribution in [0.3, 0.4) is 0 Å². The Morgan fingerprint density at radius 3 is 2.53 bits per heavy atom. The van der Waals surface area contributed by atoms with Gasteiger partial charge in [-0.25, -0.2) is 9.18 Å². The topological polar surface area (TPSA) is 78.4 Å². The Hall–Kier alpha value is -2.11. The van der Waals surface area contributed by atoms with Gasteiger partial charge in [0.1, 0.15) is 5.82 Å². The molecule has 0 unspecified atom stereocenters. The molecule has 0 aliphatic heterocycles. The van der Waals surface area contributed by atoms with Crippen molar-refractivity contribution in [1.29, 1.82) is 0 Å². The Balaban J connectivity index is 1.89. The molecule has 1 aromatic carbocycles. The molecule has 5 nitrogen and oxygen atoms in total. The molecule has 3 N–H and O–H groups in total. The van der Waals surface area contributed by atoms with Crippen molar-refractivity contribution in [1.82, 2.24) is 5.32 Å². The van der Waals surface area contributed by atoms with Gasteiger partial charge in [0, 0.05) is 6.54 Å². The van der Waals surface area contributed by atoms with Gasteiger partial charge in [-0.05, 0) is 25.0 Å². The second-order valence-electron chi connectivity index (χ2n) is 4.73. The number of carbonyl (C=O) groups is 2. The van der Waals surface area contributed by atoms with Crippen LogP contribution < -0.4 is 10.6 Å². The molecule has 102 valence electrons. The van der Waals surface area contributed by atoms with Crippen LogP contribution in [0.4, 0.5) is 14.9 Å². The van der Waals surface area contributed by atoms with E-state index in [4.69, 9.17) is 5.11 Å². The molecule has 0 spiro atoms. The molecule has 0 radical (unpaired) electrons. The highest BCUT2D eigenvalue weighted by molar-refractivity contribution is 5.89. The fourth-order valence-electron chi connectivity index (χ4n) is 2.05. The quantitative estimate of drug-likeness (QED) is 0.781. The van der Waals surface area contributed by atoms with E-state index in [1.165, 1.54) is 18.2 Å². The monoisotopic (exact) mass is 266 g/mol. The summed E-state index contributed by atoms with van der Waals surface area (Å²) in [6, 6.07) is 5.19. The maximum Gasteiger partial charge on any atom is 0.319 e. The lowest BCUT2D eigenvalue weighted by Gasteiger charge is -2.37. The molecular formula is C13H15FN2O3. The van der Waals surface area contributed by atoms with E-state index < -0.39 is 23.2 Å². The third kappa shape index (κ3) is 2.83. The minimum Gasteiger partial charge on any atom is -0.481 e. The molecule has 1 fully saturated rings. The Morgan fingerprint density at radius 1 is 1.32 bits per heavy atom. The van der Waals surface area contributed by atoms with E-state index >= 15 is 0 Å². The number of rotatable bonds is 4. The normalized spacial score (nSPS) is 16.3. The molecule has 2 amide bonds. The van der Waals surface area contributed by atoms with E-state index in [1.807, 2.05) is 0 Å². The number of anilines is 1. The van der Waals surface area contributed by atoms with Crippen molar-refractivity contribution in [3.8, 4) is 0 Å². The second kappa shape index (κ2) is 5.26. The minimum atomic E-state index is -0.898. The molecule has 2 rings (SSSR count). The van der Waals surface area contributed by atoms with Gasteiger partial charge >= 0.3 is 12.0 Å². The third-order valence-electron chi connectivity index (χ3n) is 3.47. The summed E-state index contributed by atoms with van der Waals surface area (Å²) in [6.07, 6.45) is 1.97. The molecule has 0 atom stereocenters. The van der Waals surface area contributed by atoms with Gasteiger partial charge in [-0.15, -0.1) is 0 Å². The van der Waals surface area contributed by atoms with E-state index in [2.05, 4.69) is 10.6 Å². The number of carboxylic acids is 1. The first-order valence-electron chi connectivity index (χ1n) is 6.06. The maximum absolute atomic E-state index is 13.3. The highest BCUT2D eigenvalue weighted by Gasteiger charge is 2.44. The Morgan fingerprint density at radius 2 is 2.00 bits per heavy atom. The summed E-state index contributed by atoms with van der Waals surface area (Å²) < 4.78 is 13.3. The largest absolute Gasteiger partial charge is 0.481 e. The second-order valence-corrected chi connectivity index (χ2v) is 4.73. The lowest BCUT2D eigenvalue weighted by Crippen LogP contribution is -2.48. The van der Waals surface area contributed by atoms with Crippen molar-refractivity contribution in [2.75, 3.05) is 11.9 Å². The van der Waals surface area contributed by atoms with Crippen LogP contribution in [0.2, 0.25) is 0 Å². The first kappa shape index (κ1) is 13.3. The standard InChI is InChI=1S/C13H15FN2O3/c14-9-4-1-2-5-10(9)16-12(19)15-8-13(11(17)18)6-3-7-13/h1-2,4-5H,3,6-8H2,(H,17,18)(H2,15,16,19). The summed E-state index contributed by atoms with van der Waals surface area (Å²) in [5.74, 6) is -1.43. The van der Waals surface area contributed by atoms with Crippen molar-refractivity contribution in [3.05, 3.63) is 30.1 Å². The van der Waals surface area contributed by atoms with Crippen molar-refractivity contribution in [3.63, 3.8) is 0 Å². The van der Waals surface area contributed by atoms with E-state index in [-0.39, 0.29) is 12.2 Å². The number of amides is 2. The number of benzene rings is 1. The Bertz CT molecular complexity index is 500. The van der Waals surface area contributed by atoms with Gasteiger partial charge in [0.05, 0.1) is 11.1 Å². The zero-order valence-electron chi connectivity index (χ0n) is 10.3. The van der Waals surface area contributed by atoms with Crippen molar-refractivity contribution < 1.29 is 19.1 Å². The zero-order valence-corrected chi connectivity index (χ0v) is 10.3. The van der Waals surface area contributed by atoms with E-state index in [9.17, 15) is 14.0 Å². The molecule has 1 aliphatic rings. The smallest absolute Gasteiger partial charge is 0.319 e. The van der Waals surface area contributed by atoms with Gasteiger partial charge in [-0.1, -0.05) is 18.6 Å². The number of hydrogen-bond donors (Lipinski definition) is 3. The number of halogens is 1. The van der Waals surface area contributed by atoms with Gasteiger partial charge in [-0.3, -0.25) is 4.79 Å². The average Bonchev–Trinajstić information content (AvgIpc) is 2.30. The van der Waals surface area contributed by atoms with Crippen LogP contribution in [0, 0.1) is 11.2 Å². The highest BCUT2D eigenvalue weighted by atomic mass is 19.1. The summed E-state index contributed by atoms with van der Waals surface area (Å²) in [5.41, 5.74) is -0.787. The van der Waals surface area contributed by atoms with Crippen LogP contribution >= 0.6 is 0 Å². The van der Waals surface area contributed by atoms with Gasteiger partial charge in [-0.2, -0.15) is 0 Å². The fourth-order valence-corrected chi connectivity index (χ4v) is 2.05. The van der Waals surface area contributed by atoms with Crippen LogP contribution in [0.15, 0.2) is 24.3 Å². The minimum absolute atomic E-state index is 0.0582. The molecule has 0 heterocycles. The number of carboxylic acid groups (broad SMARTS) is 1. The number of para-hydroxylation sites is 1. The van der Waals surface area contributed by atoms with Gasteiger partial charge in [0.15, 0.2) is 0 Å². The average molecular weight is 266 g/mol. The van der Waals surface area contributed by atoms with Crippen LogP contribution in [0.25, 0.3) is 0 Å². The fraction of sp³-hybridized carbons (Fsp3) is 0.385. The first-order chi connectivity index (χ1) is 9.03. The van der Waals surface area contributed by atoms with E-state index in [0.717, 1.165) is 6.42 Å². The number of nitrogens with one attached hydrogen (secondary N) is 2. The molecule has 19 heavy (non-hydrogen) atoms. The molecule has 6 heteroatoms. The summed E-state index contributed by atoms with van der Waals surface area (Å²) in [6.45, 7) is 0.0582. The van der Waals surface area contributed by atoms with Gasteiger partial charge in [0.25, 0.3) is 0 Å². The summed E-state index contributed by atoms with van der Waals surface area (Å²) >= 11 is 0. The Kier molecular flexibility index (Phi) is 3.69. The van der Waals surface area contributed by atoms with Crippen LogP contribution in [-0.2, 0) is 4.79 Å². The number of urea groups is 1. The Labute approximate surface area is 109 Å². The van der Waals surface area contributed by atoms with Crippen molar-refractivity contribution in [2.24, 2.45) is 5.41 Å². The molecule has 1 aliphatic carbocycles. The summed E-state index contributed by atoms with van der Waals surface area (Å²) in [4.78, 5) is 22.7. The molecule has 0 aromatic heterocycles. The van der Waals surface area contributed by atoms with E-state index in [1.54, 1.807) is 6.07 Å². The third-order valence-corrected chi connectivity index (χ3v) is 3.47. The predicted octanol–water partition coefficient (Wildman–Crippen LogP) is 2.20. The highest BCUT2D eigenvalue weighted by Crippen LogP contribution is 2.40. The number of carbonyl (C=O) groups excluding carboxylic acids is 1. The van der Waals surface area contributed by atoms with Crippen molar-refractivity contribution >= 4 is 17.7 Å². The van der Waals surface area contributed by atoms with Gasteiger partial charge in [0.2, 0.25) is 0 Å².